The van der Waals surface area contributed by atoms with E-state index in [1.165, 1.54) is 0 Å². The van der Waals surface area contributed by atoms with Crippen LogP contribution < -0.4 is 5.32 Å². The molecule has 0 aliphatic rings. The molecule has 1 aromatic rings. The van der Waals surface area contributed by atoms with Crippen LogP contribution in [0.5, 0.6) is 0 Å². The van der Waals surface area contributed by atoms with Crippen LogP contribution in [-0.4, -0.2) is 33.3 Å². The van der Waals surface area contributed by atoms with Crippen molar-refractivity contribution in [2.45, 2.75) is 19.9 Å². The van der Waals surface area contributed by atoms with Crippen LogP contribution in [0.15, 0.2) is 6.07 Å². The second kappa shape index (κ2) is 5.72. The zero-order valence-corrected chi connectivity index (χ0v) is 9.29. The number of carbonyl (C=O) groups is 1. The number of halogens is 1. The highest BCUT2D eigenvalue weighted by atomic mass is 35.5. The minimum Gasteiger partial charge on any atom is -0.394 e. The van der Waals surface area contributed by atoms with Gasteiger partial charge in [0.2, 0.25) is 5.91 Å². The van der Waals surface area contributed by atoms with Crippen molar-refractivity contribution in [2.75, 3.05) is 17.8 Å². The largest absolute Gasteiger partial charge is 0.394 e. The summed E-state index contributed by atoms with van der Waals surface area (Å²) in [7, 11) is 0. The van der Waals surface area contributed by atoms with Gasteiger partial charge in [-0.3, -0.25) is 4.79 Å². The van der Waals surface area contributed by atoms with E-state index in [4.69, 9.17) is 16.7 Å². The average molecular weight is 232 g/mol. The molecule has 1 aromatic heterocycles. The number of carbonyl (C=O) groups excluding carboxylic acids is 1. The molecule has 6 heteroatoms. The van der Waals surface area contributed by atoms with Gasteiger partial charge in [-0.25, -0.2) is 4.68 Å². The average Bonchev–Trinajstić information content (AvgIpc) is 2.47. The maximum atomic E-state index is 11.3. The van der Waals surface area contributed by atoms with Crippen LogP contribution in [-0.2, 0) is 11.3 Å². The summed E-state index contributed by atoms with van der Waals surface area (Å²) >= 11 is 5.45. The number of nitrogens with zero attached hydrogens (tertiary/aromatic N) is 2. The Balaban J connectivity index is 2.70. The fourth-order valence-corrected chi connectivity index (χ4v) is 1.37. The van der Waals surface area contributed by atoms with Crippen molar-refractivity contribution in [2.24, 2.45) is 0 Å². The monoisotopic (exact) mass is 231 g/mol. The van der Waals surface area contributed by atoms with Gasteiger partial charge in [0, 0.05) is 18.4 Å². The number of rotatable bonds is 5. The summed E-state index contributed by atoms with van der Waals surface area (Å²) in [4.78, 5) is 11.3. The predicted molar refractivity (Wildman–Crippen MR) is 58.0 cm³/mol. The summed E-state index contributed by atoms with van der Waals surface area (Å²) < 4.78 is 1.56. The van der Waals surface area contributed by atoms with Gasteiger partial charge in [-0.05, 0) is 6.92 Å². The Kier molecular flexibility index (Phi) is 4.58. The molecule has 1 rings (SSSR count). The van der Waals surface area contributed by atoms with Gasteiger partial charge < -0.3 is 10.4 Å². The highest BCUT2D eigenvalue weighted by molar-refractivity contribution is 6.19. The maximum absolute atomic E-state index is 11.3. The molecular weight excluding hydrogens is 218 g/mol. The standard InChI is InChI=1S/C9H14ClN3O2/c1-7-6-8(11-9(15)2-3-10)13(12-7)4-5-14/h6,14H,2-5H2,1H3,(H,11,15). The first-order valence-corrected chi connectivity index (χ1v) is 5.22. The lowest BCUT2D eigenvalue weighted by molar-refractivity contribution is -0.115. The van der Waals surface area contributed by atoms with Gasteiger partial charge in [0.1, 0.15) is 5.82 Å². The summed E-state index contributed by atoms with van der Waals surface area (Å²) in [6, 6.07) is 1.75. The molecule has 1 amide bonds. The SMILES string of the molecule is Cc1cc(NC(=O)CCCl)n(CCO)n1. The maximum Gasteiger partial charge on any atom is 0.226 e. The predicted octanol–water partition coefficient (Wildman–Crippen LogP) is 0.751. The van der Waals surface area contributed by atoms with Crippen LogP contribution >= 0.6 is 11.6 Å². The molecule has 1 heterocycles. The summed E-state index contributed by atoms with van der Waals surface area (Å²) in [5, 5.41) is 15.6. The number of amides is 1. The number of anilines is 1. The van der Waals surface area contributed by atoms with Crippen molar-refractivity contribution in [1.82, 2.24) is 9.78 Å². The third-order valence-electron chi connectivity index (χ3n) is 1.80. The van der Waals surface area contributed by atoms with Crippen molar-refractivity contribution in [3.05, 3.63) is 11.8 Å². The molecule has 2 N–H and O–H groups in total. The van der Waals surface area contributed by atoms with E-state index in [1.54, 1.807) is 10.7 Å². The van der Waals surface area contributed by atoms with Crippen LogP contribution in [0.25, 0.3) is 0 Å². The second-order valence-electron chi connectivity index (χ2n) is 3.10. The Morgan fingerprint density at radius 3 is 3.07 bits per heavy atom. The number of hydrogen-bond donors (Lipinski definition) is 2. The molecule has 0 aliphatic carbocycles. The van der Waals surface area contributed by atoms with Crippen molar-refractivity contribution < 1.29 is 9.90 Å². The Hall–Kier alpha value is -1.07. The molecule has 15 heavy (non-hydrogen) atoms. The van der Waals surface area contributed by atoms with E-state index in [-0.39, 0.29) is 18.9 Å². The molecule has 0 saturated heterocycles. The minimum atomic E-state index is -0.149. The summed E-state index contributed by atoms with van der Waals surface area (Å²) in [5.41, 5.74) is 0.796. The number of hydrogen-bond acceptors (Lipinski definition) is 3. The van der Waals surface area contributed by atoms with Crippen molar-refractivity contribution in [3.63, 3.8) is 0 Å². The van der Waals surface area contributed by atoms with E-state index < -0.39 is 0 Å². The lowest BCUT2D eigenvalue weighted by atomic mass is 10.4. The van der Waals surface area contributed by atoms with Gasteiger partial charge in [0.25, 0.3) is 0 Å². The Morgan fingerprint density at radius 2 is 2.47 bits per heavy atom. The van der Waals surface area contributed by atoms with Gasteiger partial charge in [0.15, 0.2) is 0 Å². The molecule has 0 aliphatic heterocycles. The van der Waals surface area contributed by atoms with Gasteiger partial charge in [-0.15, -0.1) is 11.6 Å². The second-order valence-corrected chi connectivity index (χ2v) is 3.48. The van der Waals surface area contributed by atoms with E-state index in [9.17, 15) is 4.79 Å². The zero-order valence-electron chi connectivity index (χ0n) is 8.53. The van der Waals surface area contributed by atoms with Crippen LogP contribution in [0.2, 0.25) is 0 Å². The van der Waals surface area contributed by atoms with E-state index in [0.717, 1.165) is 5.69 Å². The molecule has 0 atom stereocenters. The third-order valence-corrected chi connectivity index (χ3v) is 1.99. The number of aliphatic hydroxyl groups excluding tert-OH is 1. The Labute approximate surface area is 93.0 Å². The highest BCUT2D eigenvalue weighted by Gasteiger charge is 2.08. The van der Waals surface area contributed by atoms with Crippen LogP contribution in [0.1, 0.15) is 12.1 Å². The lowest BCUT2D eigenvalue weighted by Crippen LogP contribution is -2.16. The van der Waals surface area contributed by atoms with Crippen molar-refractivity contribution in [1.29, 1.82) is 0 Å². The first-order chi connectivity index (χ1) is 7.17. The Morgan fingerprint density at radius 1 is 1.73 bits per heavy atom. The van der Waals surface area contributed by atoms with E-state index in [1.807, 2.05) is 6.92 Å². The van der Waals surface area contributed by atoms with E-state index in [0.29, 0.717) is 18.2 Å². The fraction of sp³-hybridized carbons (Fsp3) is 0.556. The molecule has 5 nitrogen and oxygen atoms in total. The van der Waals surface area contributed by atoms with Gasteiger partial charge in [-0.2, -0.15) is 5.10 Å². The minimum absolute atomic E-state index is 0.0144. The van der Waals surface area contributed by atoms with Crippen LogP contribution in [0, 0.1) is 6.92 Å². The van der Waals surface area contributed by atoms with Gasteiger partial charge in [0.05, 0.1) is 18.8 Å². The normalized spacial score (nSPS) is 10.3. The molecule has 0 unspecified atom stereocenters. The number of alkyl halides is 1. The van der Waals surface area contributed by atoms with Gasteiger partial charge in [-0.1, -0.05) is 0 Å². The smallest absolute Gasteiger partial charge is 0.226 e. The topological polar surface area (TPSA) is 67.2 Å². The van der Waals surface area contributed by atoms with Crippen LogP contribution in [0.4, 0.5) is 5.82 Å². The van der Waals surface area contributed by atoms with E-state index >= 15 is 0 Å². The molecule has 0 saturated carbocycles. The molecular formula is C9H14ClN3O2. The summed E-state index contributed by atoms with van der Waals surface area (Å²) in [5.74, 6) is 0.736. The van der Waals surface area contributed by atoms with Gasteiger partial charge >= 0.3 is 0 Å². The molecule has 0 radical (unpaired) electrons. The molecule has 0 spiro atoms. The number of aliphatic hydroxyl groups is 1. The molecule has 0 fully saturated rings. The molecule has 84 valence electrons. The molecule has 0 aromatic carbocycles. The third kappa shape index (κ3) is 3.53. The van der Waals surface area contributed by atoms with E-state index in [2.05, 4.69) is 10.4 Å². The summed E-state index contributed by atoms with van der Waals surface area (Å²) in [6.45, 7) is 2.18. The van der Waals surface area contributed by atoms with Crippen molar-refractivity contribution >= 4 is 23.3 Å². The summed E-state index contributed by atoms with van der Waals surface area (Å²) in [6.07, 6.45) is 0.269. The highest BCUT2D eigenvalue weighted by Crippen LogP contribution is 2.10. The number of aromatic nitrogens is 2. The number of aryl methyl sites for hydroxylation is 1. The first kappa shape index (κ1) is 12.0. The quantitative estimate of drug-likeness (QED) is 0.735. The zero-order chi connectivity index (χ0) is 11.3. The Bertz CT molecular complexity index is 338. The number of nitrogens with one attached hydrogen (secondary N) is 1. The fourth-order valence-electron chi connectivity index (χ4n) is 1.20. The molecule has 0 bridgehead atoms. The lowest BCUT2D eigenvalue weighted by Gasteiger charge is -2.06. The van der Waals surface area contributed by atoms with Crippen molar-refractivity contribution in [3.8, 4) is 0 Å². The first-order valence-electron chi connectivity index (χ1n) is 4.68. The van der Waals surface area contributed by atoms with Crippen LogP contribution in [0.3, 0.4) is 0 Å².